The predicted molar refractivity (Wildman–Crippen MR) is 86.5 cm³/mol. The Balaban J connectivity index is 2.30. The van der Waals surface area contributed by atoms with Crippen molar-refractivity contribution in [3.63, 3.8) is 0 Å². The second-order valence-electron chi connectivity index (χ2n) is 4.93. The first-order valence-corrected chi connectivity index (χ1v) is 8.74. The Morgan fingerprint density at radius 2 is 2.00 bits per heavy atom. The van der Waals surface area contributed by atoms with E-state index in [-0.39, 0.29) is 0 Å². The molecular formula is C13H27N3S2. The fourth-order valence-corrected chi connectivity index (χ4v) is 3.19. The first kappa shape index (κ1) is 16.2. The number of thioether (sulfide) groups is 1. The third-order valence-corrected chi connectivity index (χ3v) is 4.53. The summed E-state index contributed by atoms with van der Waals surface area (Å²) in [5.74, 6) is 1.27. The SMILES string of the molecule is CCCC(C(N)=S)N1CCN(CCCSC)CC1. The van der Waals surface area contributed by atoms with Gasteiger partial charge >= 0.3 is 0 Å². The summed E-state index contributed by atoms with van der Waals surface area (Å²) in [6, 6.07) is 0.318. The quantitative estimate of drug-likeness (QED) is 0.544. The van der Waals surface area contributed by atoms with Gasteiger partial charge in [-0.1, -0.05) is 25.6 Å². The van der Waals surface area contributed by atoms with Crippen LogP contribution in [0.25, 0.3) is 0 Å². The van der Waals surface area contributed by atoms with Crippen LogP contribution in [0.1, 0.15) is 26.2 Å². The molecule has 2 N–H and O–H groups in total. The highest BCUT2D eigenvalue weighted by molar-refractivity contribution is 7.98. The molecule has 3 nitrogen and oxygen atoms in total. The van der Waals surface area contributed by atoms with E-state index in [0.29, 0.717) is 11.0 Å². The Morgan fingerprint density at radius 3 is 2.50 bits per heavy atom. The molecule has 1 aliphatic heterocycles. The molecule has 106 valence electrons. The highest BCUT2D eigenvalue weighted by Crippen LogP contribution is 2.12. The molecule has 0 spiro atoms. The highest BCUT2D eigenvalue weighted by Gasteiger charge is 2.24. The van der Waals surface area contributed by atoms with E-state index in [9.17, 15) is 0 Å². The lowest BCUT2D eigenvalue weighted by Gasteiger charge is -2.39. The lowest BCUT2D eigenvalue weighted by Crippen LogP contribution is -2.53. The molecule has 1 rings (SSSR count). The topological polar surface area (TPSA) is 32.5 Å². The second kappa shape index (κ2) is 9.13. The van der Waals surface area contributed by atoms with Crippen molar-refractivity contribution < 1.29 is 0 Å². The summed E-state index contributed by atoms with van der Waals surface area (Å²) in [4.78, 5) is 5.71. The van der Waals surface area contributed by atoms with Crippen LogP contribution in [-0.2, 0) is 0 Å². The van der Waals surface area contributed by atoms with E-state index in [1.165, 1.54) is 18.7 Å². The van der Waals surface area contributed by atoms with Crippen molar-refractivity contribution in [3.8, 4) is 0 Å². The van der Waals surface area contributed by atoms with Crippen LogP contribution in [0.3, 0.4) is 0 Å². The van der Waals surface area contributed by atoms with Gasteiger partial charge in [0.1, 0.15) is 0 Å². The summed E-state index contributed by atoms with van der Waals surface area (Å²) in [6.07, 6.45) is 5.72. The van der Waals surface area contributed by atoms with E-state index < -0.39 is 0 Å². The van der Waals surface area contributed by atoms with E-state index in [4.69, 9.17) is 18.0 Å². The van der Waals surface area contributed by atoms with Gasteiger partial charge in [-0.3, -0.25) is 4.90 Å². The first-order chi connectivity index (χ1) is 8.69. The van der Waals surface area contributed by atoms with E-state index in [0.717, 1.165) is 39.0 Å². The molecule has 1 aliphatic rings. The zero-order chi connectivity index (χ0) is 13.4. The number of thiocarbonyl (C=S) groups is 1. The largest absolute Gasteiger partial charge is 0.392 e. The maximum atomic E-state index is 5.86. The molecule has 0 aromatic rings. The molecule has 1 fully saturated rings. The van der Waals surface area contributed by atoms with Gasteiger partial charge in [0.15, 0.2) is 0 Å². The number of hydrogen-bond donors (Lipinski definition) is 1. The van der Waals surface area contributed by atoms with E-state index >= 15 is 0 Å². The van der Waals surface area contributed by atoms with Crippen LogP contribution in [0, 0.1) is 0 Å². The standard InChI is InChI=1S/C13H27N3S2/c1-3-5-12(13(14)17)16-9-7-15(8-10-16)6-4-11-18-2/h12H,3-11H2,1-2H3,(H2,14,17). The average Bonchev–Trinajstić information content (AvgIpc) is 2.37. The van der Waals surface area contributed by atoms with Crippen molar-refractivity contribution in [2.45, 2.75) is 32.2 Å². The normalized spacial score (nSPS) is 19.9. The van der Waals surface area contributed by atoms with Crippen molar-refractivity contribution >= 4 is 29.0 Å². The summed E-state index contributed by atoms with van der Waals surface area (Å²) >= 11 is 7.13. The molecule has 0 saturated carbocycles. The van der Waals surface area contributed by atoms with Crippen LogP contribution < -0.4 is 5.73 Å². The highest BCUT2D eigenvalue weighted by atomic mass is 32.2. The zero-order valence-electron chi connectivity index (χ0n) is 11.7. The van der Waals surface area contributed by atoms with Crippen molar-refractivity contribution in [2.75, 3.05) is 44.7 Å². The fraction of sp³-hybridized carbons (Fsp3) is 0.923. The van der Waals surface area contributed by atoms with Gasteiger partial charge < -0.3 is 10.6 Å². The number of piperazine rings is 1. The van der Waals surface area contributed by atoms with Crippen LogP contribution in [0.5, 0.6) is 0 Å². The van der Waals surface area contributed by atoms with Gasteiger partial charge in [0, 0.05) is 26.2 Å². The average molecular weight is 290 g/mol. The molecule has 1 atom stereocenters. The third-order valence-electron chi connectivity index (χ3n) is 3.56. The van der Waals surface area contributed by atoms with Gasteiger partial charge in [0.25, 0.3) is 0 Å². The van der Waals surface area contributed by atoms with Crippen LogP contribution in [-0.4, -0.2) is 65.6 Å². The summed E-state index contributed by atoms with van der Waals surface area (Å²) in [7, 11) is 0. The van der Waals surface area contributed by atoms with Gasteiger partial charge in [-0.2, -0.15) is 11.8 Å². The molecule has 1 heterocycles. The molecule has 0 bridgehead atoms. The molecular weight excluding hydrogens is 262 g/mol. The monoisotopic (exact) mass is 289 g/mol. The van der Waals surface area contributed by atoms with Crippen LogP contribution >= 0.6 is 24.0 Å². The number of nitrogens with zero attached hydrogens (tertiary/aromatic N) is 2. The fourth-order valence-electron chi connectivity index (χ4n) is 2.51. The summed E-state index contributed by atoms with van der Waals surface area (Å²) in [5, 5.41) is 0. The second-order valence-corrected chi connectivity index (χ2v) is 6.39. The van der Waals surface area contributed by atoms with E-state index in [1.54, 1.807) is 0 Å². The van der Waals surface area contributed by atoms with Gasteiger partial charge in [-0.05, 0) is 31.4 Å². The minimum absolute atomic E-state index is 0.318. The van der Waals surface area contributed by atoms with E-state index in [2.05, 4.69) is 23.0 Å². The smallest absolute Gasteiger partial charge is 0.0902 e. The molecule has 1 saturated heterocycles. The van der Waals surface area contributed by atoms with Crippen LogP contribution in [0.4, 0.5) is 0 Å². The third kappa shape index (κ3) is 5.43. The Kier molecular flexibility index (Phi) is 8.22. The Bertz CT molecular complexity index is 240. The van der Waals surface area contributed by atoms with E-state index in [1.807, 2.05) is 11.8 Å². The van der Waals surface area contributed by atoms with Gasteiger partial charge in [0.05, 0.1) is 11.0 Å². The van der Waals surface area contributed by atoms with Crippen molar-refractivity contribution in [1.82, 2.24) is 9.80 Å². The molecule has 5 heteroatoms. The molecule has 0 amide bonds. The Hall–Kier alpha value is 0.160. The molecule has 0 aliphatic carbocycles. The predicted octanol–water partition coefficient (Wildman–Crippen LogP) is 1.81. The molecule has 1 unspecified atom stereocenters. The first-order valence-electron chi connectivity index (χ1n) is 6.93. The Labute approximate surface area is 121 Å². The maximum Gasteiger partial charge on any atom is 0.0902 e. The minimum atomic E-state index is 0.318. The number of nitrogens with two attached hydrogens (primary N) is 1. The summed E-state index contributed by atoms with van der Waals surface area (Å²) in [5.41, 5.74) is 5.86. The summed E-state index contributed by atoms with van der Waals surface area (Å²) < 4.78 is 0. The lowest BCUT2D eigenvalue weighted by molar-refractivity contribution is 0.115. The Morgan fingerprint density at radius 1 is 1.33 bits per heavy atom. The van der Waals surface area contributed by atoms with Crippen molar-refractivity contribution in [1.29, 1.82) is 0 Å². The van der Waals surface area contributed by atoms with Crippen LogP contribution in [0.15, 0.2) is 0 Å². The van der Waals surface area contributed by atoms with Gasteiger partial charge in [-0.15, -0.1) is 0 Å². The van der Waals surface area contributed by atoms with Gasteiger partial charge in [0.2, 0.25) is 0 Å². The van der Waals surface area contributed by atoms with Crippen molar-refractivity contribution in [3.05, 3.63) is 0 Å². The maximum absolute atomic E-state index is 5.86. The number of hydrogen-bond acceptors (Lipinski definition) is 4. The lowest BCUT2D eigenvalue weighted by atomic mass is 10.1. The molecule has 0 aromatic heterocycles. The molecule has 0 radical (unpaired) electrons. The molecule has 0 aromatic carbocycles. The molecule has 18 heavy (non-hydrogen) atoms. The van der Waals surface area contributed by atoms with Crippen LogP contribution in [0.2, 0.25) is 0 Å². The van der Waals surface area contributed by atoms with Gasteiger partial charge in [-0.25, -0.2) is 0 Å². The number of rotatable bonds is 8. The zero-order valence-corrected chi connectivity index (χ0v) is 13.4. The van der Waals surface area contributed by atoms with Crippen molar-refractivity contribution in [2.24, 2.45) is 5.73 Å². The summed E-state index contributed by atoms with van der Waals surface area (Å²) in [6.45, 7) is 7.99. The minimum Gasteiger partial charge on any atom is -0.392 e.